The minimum absolute atomic E-state index is 0.148. The SMILES string of the molecule is [O]c1cc([AsH2])cc(C(=O)NCc2ccccc2Cl)c1. The Kier molecular flexibility index (Phi) is 4.51. The molecule has 0 bridgehead atoms. The second-order valence-corrected chi connectivity index (χ2v) is 5.87. The third kappa shape index (κ3) is 3.76. The van der Waals surface area contributed by atoms with E-state index >= 15 is 0 Å². The zero-order chi connectivity index (χ0) is 13.8. The van der Waals surface area contributed by atoms with Gasteiger partial charge in [-0.05, 0) is 0 Å². The average molecular weight is 337 g/mol. The van der Waals surface area contributed by atoms with E-state index in [-0.39, 0.29) is 11.7 Å². The molecule has 1 N–H and O–H groups in total. The first-order chi connectivity index (χ1) is 9.06. The van der Waals surface area contributed by atoms with Crippen LogP contribution in [0, 0.1) is 0 Å². The van der Waals surface area contributed by atoms with Crippen molar-refractivity contribution in [2.24, 2.45) is 0 Å². The van der Waals surface area contributed by atoms with Crippen molar-refractivity contribution in [1.29, 1.82) is 0 Å². The van der Waals surface area contributed by atoms with Crippen molar-refractivity contribution in [1.82, 2.24) is 5.32 Å². The van der Waals surface area contributed by atoms with E-state index in [1.165, 1.54) is 29.0 Å². The van der Waals surface area contributed by atoms with E-state index in [1.807, 2.05) is 18.2 Å². The van der Waals surface area contributed by atoms with E-state index in [1.54, 1.807) is 12.1 Å². The van der Waals surface area contributed by atoms with Gasteiger partial charge in [-0.2, -0.15) is 0 Å². The molecule has 0 saturated heterocycles. The predicted molar refractivity (Wildman–Crippen MR) is 77.4 cm³/mol. The number of hydrogen-bond acceptors (Lipinski definition) is 1. The van der Waals surface area contributed by atoms with Crippen molar-refractivity contribution >= 4 is 38.7 Å². The summed E-state index contributed by atoms with van der Waals surface area (Å²) in [6, 6.07) is 11.9. The van der Waals surface area contributed by atoms with Crippen LogP contribution in [0.15, 0.2) is 42.5 Å². The third-order valence-corrected chi connectivity index (χ3v) is 3.66. The van der Waals surface area contributed by atoms with Crippen molar-refractivity contribution < 1.29 is 9.90 Å². The fourth-order valence-corrected chi connectivity index (χ4v) is 2.60. The van der Waals surface area contributed by atoms with Gasteiger partial charge in [0.2, 0.25) is 0 Å². The van der Waals surface area contributed by atoms with Gasteiger partial charge in [0.05, 0.1) is 0 Å². The summed E-state index contributed by atoms with van der Waals surface area (Å²) in [5.41, 5.74) is 1.23. The van der Waals surface area contributed by atoms with Crippen LogP contribution in [0.5, 0.6) is 5.75 Å². The Balaban J connectivity index is 2.08. The molecule has 0 aliphatic rings. The molecule has 1 unspecified atom stereocenters. The molecule has 5 heteroatoms. The van der Waals surface area contributed by atoms with Crippen LogP contribution >= 0.6 is 11.6 Å². The quantitative estimate of drug-likeness (QED) is 0.852. The summed E-state index contributed by atoms with van der Waals surface area (Å²) in [5, 5.41) is 14.7. The van der Waals surface area contributed by atoms with Gasteiger partial charge in [0.25, 0.3) is 0 Å². The van der Waals surface area contributed by atoms with E-state index in [2.05, 4.69) is 5.32 Å². The van der Waals surface area contributed by atoms with Gasteiger partial charge >= 0.3 is 125 Å². The second-order valence-electron chi connectivity index (χ2n) is 4.06. The average Bonchev–Trinajstić information content (AvgIpc) is 2.36. The number of amides is 1. The summed E-state index contributed by atoms with van der Waals surface area (Å²) >= 11 is 7.32. The Morgan fingerprint density at radius 3 is 2.63 bits per heavy atom. The van der Waals surface area contributed by atoms with Crippen LogP contribution in [0.3, 0.4) is 0 Å². The predicted octanol–water partition coefficient (Wildman–Crippen LogP) is 1.67. The normalized spacial score (nSPS) is 10.2. The first-order valence-corrected chi connectivity index (χ1v) is 7.24. The number of nitrogens with one attached hydrogen (secondary N) is 1. The molecule has 0 heterocycles. The zero-order valence-electron chi connectivity index (χ0n) is 10.0. The Bertz CT molecular complexity index is 596. The number of rotatable bonds is 3. The molecule has 0 fully saturated rings. The zero-order valence-corrected chi connectivity index (χ0v) is 13.2. The maximum absolute atomic E-state index is 11.9. The number of carbonyl (C=O) groups is 1. The van der Waals surface area contributed by atoms with Crippen LogP contribution in [0.1, 0.15) is 15.9 Å². The van der Waals surface area contributed by atoms with Crippen LogP contribution in [0.4, 0.5) is 0 Å². The minimum atomic E-state index is -0.267. The molecule has 0 spiro atoms. The summed E-state index contributed by atoms with van der Waals surface area (Å²) in [4.78, 5) is 11.9. The fraction of sp³-hybridized carbons (Fsp3) is 0.0714. The van der Waals surface area contributed by atoms with Crippen molar-refractivity contribution in [3.8, 4) is 5.75 Å². The fourth-order valence-electron chi connectivity index (χ4n) is 1.67. The van der Waals surface area contributed by atoms with Gasteiger partial charge in [-0.1, -0.05) is 0 Å². The Morgan fingerprint density at radius 2 is 1.95 bits per heavy atom. The molecule has 3 nitrogen and oxygen atoms in total. The van der Waals surface area contributed by atoms with Crippen molar-refractivity contribution in [2.45, 2.75) is 6.54 Å². The summed E-state index contributed by atoms with van der Waals surface area (Å²) in [6.07, 6.45) is 0. The molecule has 0 aromatic heterocycles. The summed E-state index contributed by atoms with van der Waals surface area (Å²) < 4.78 is 0.836. The Hall–Kier alpha value is -1.44. The number of halogens is 1. The van der Waals surface area contributed by atoms with Crippen LogP contribution in [0.2, 0.25) is 5.02 Å². The van der Waals surface area contributed by atoms with Gasteiger partial charge in [-0.25, -0.2) is 0 Å². The summed E-state index contributed by atoms with van der Waals surface area (Å²) in [5.74, 6) is -0.415. The van der Waals surface area contributed by atoms with Gasteiger partial charge < -0.3 is 0 Å². The maximum atomic E-state index is 11.9. The molecule has 0 saturated carbocycles. The van der Waals surface area contributed by atoms with E-state index < -0.39 is 0 Å². The van der Waals surface area contributed by atoms with Crippen LogP contribution in [-0.4, -0.2) is 22.8 Å². The van der Waals surface area contributed by atoms with Crippen molar-refractivity contribution in [3.05, 3.63) is 58.6 Å². The third-order valence-electron chi connectivity index (χ3n) is 2.59. The first kappa shape index (κ1) is 14.0. The summed E-state index contributed by atoms with van der Waals surface area (Å²) in [7, 11) is 0. The van der Waals surface area contributed by atoms with Crippen molar-refractivity contribution in [3.63, 3.8) is 0 Å². The second kappa shape index (κ2) is 6.14. The first-order valence-electron chi connectivity index (χ1n) is 5.65. The molecule has 1 radical (unpaired) electrons. The molecular formula is C14H12AsClNO2. The molecular weight excluding hydrogens is 325 g/mol. The molecule has 2 aromatic carbocycles. The van der Waals surface area contributed by atoms with E-state index in [0.29, 0.717) is 17.1 Å². The van der Waals surface area contributed by atoms with Crippen molar-refractivity contribution in [2.75, 3.05) is 0 Å². The van der Waals surface area contributed by atoms with Crippen LogP contribution in [0.25, 0.3) is 0 Å². The monoisotopic (exact) mass is 336 g/mol. The molecule has 2 aromatic rings. The van der Waals surface area contributed by atoms with Gasteiger partial charge in [-0.15, -0.1) is 0 Å². The summed E-state index contributed by atoms with van der Waals surface area (Å²) in [6.45, 7) is 0.339. The molecule has 0 aliphatic carbocycles. The van der Waals surface area contributed by atoms with Gasteiger partial charge in [-0.3, -0.25) is 0 Å². The van der Waals surface area contributed by atoms with E-state index in [9.17, 15) is 9.90 Å². The number of benzene rings is 2. The molecule has 19 heavy (non-hydrogen) atoms. The van der Waals surface area contributed by atoms with Gasteiger partial charge in [0, 0.05) is 0 Å². The van der Waals surface area contributed by atoms with Gasteiger partial charge in [0.15, 0.2) is 0 Å². The Labute approximate surface area is 125 Å². The topological polar surface area (TPSA) is 49.0 Å². The molecule has 2 rings (SSSR count). The Morgan fingerprint density at radius 1 is 1.21 bits per heavy atom. The molecule has 1 amide bonds. The van der Waals surface area contributed by atoms with E-state index in [0.717, 1.165) is 9.91 Å². The number of carbonyl (C=O) groups excluding carboxylic acids is 1. The molecule has 1 atom stereocenters. The molecule has 97 valence electrons. The van der Waals surface area contributed by atoms with E-state index in [4.69, 9.17) is 11.6 Å². The van der Waals surface area contributed by atoms with Gasteiger partial charge in [0.1, 0.15) is 0 Å². The number of hydrogen-bond donors (Lipinski definition) is 1. The molecule has 0 aliphatic heterocycles. The van der Waals surface area contributed by atoms with Crippen LogP contribution in [-0.2, 0) is 11.7 Å². The van der Waals surface area contributed by atoms with Crippen LogP contribution < -0.4 is 9.67 Å². The standard InChI is InChI=1S/C14H12AsClNO2/c15-11-5-10(6-12(18)7-11)14(19)17-8-9-3-1-2-4-13(9)16/h1-7H,8,15H2,(H,17,19).